The van der Waals surface area contributed by atoms with Gasteiger partial charge in [-0.25, -0.2) is 9.59 Å². The van der Waals surface area contributed by atoms with Crippen LogP contribution >= 0.6 is 11.3 Å². The van der Waals surface area contributed by atoms with Crippen molar-refractivity contribution in [2.45, 2.75) is 32.4 Å². The Bertz CT molecular complexity index is 1050. The highest BCUT2D eigenvalue weighted by Gasteiger charge is 2.46. The van der Waals surface area contributed by atoms with Crippen LogP contribution in [0.25, 0.3) is 0 Å². The number of fused-ring (bicyclic) bond motifs is 1. The third kappa shape index (κ3) is 9.31. The summed E-state index contributed by atoms with van der Waals surface area (Å²) in [6.07, 6.45) is -10.2. The zero-order valence-corrected chi connectivity index (χ0v) is 20.1. The van der Waals surface area contributed by atoms with E-state index in [1.54, 1.807) is 11.3 Å². The smallest absolute Gasteiger partial charge is 0.475 e. The van der Waals surface area contributed by atoms with Crippen LogP contribution in [-0.2, 0) is 27.5 Å². The third-order valence-electron chi connectivity index (χ3n) is 5.37. The zero-order chi connectivity index (χ0) is 28.0. The number of nitrogens with zero attached hydrogens (tertiary/aromatic N) is 3. The summed E-state index contributed by atoms with van der Waals surface area (Å²) in [7, 11) is 0. The molecule has 0 saturated carbocycles. The molecule has 2 fully saturated rings. The molecular formula is C22H23F6N3O5S. The maximum atomic E-state index is 12.7. The van der Waals surface area contributed by atoms with Crippen molar-refractivity contribution in [1.82, 2.24) is 14.8 Å². The molecule has 0 radical (unpaired) electrons. The second-order valence-electron chi connectivity index (χ2n) is 8.29. The molecule has 204 valence electrons. The van der Waals surface area contributed by atoms with Crippen molar-refractivity contribution in [1.29, 1.82) is 0 Å². The fourth-order valence-electron chi connectivity index (χ4n) is 3.83. The highest BCUT2D eigenvalue weighted by Crippen LogP contribution is 2.33. The number of likely N-dealkylation sites (tertiary alicyclic amines) is 2. The van der Waals surface area contributed by atoms with E-state index in [0.717, 1.165) is 37.6 Å². The van der Waals surface area contributed by atoms with Crippen molar-refractivity contribution in [2.24, 2.45) is 11.8 Å². The predicted molar refractivity (Wildman–Crippen MR) is 118 cm³/mol. The highest BCUT2D eigenvalue weighted by molar-refractivity contribution is 7.07. The summed E-state index contributed by atoms with van der Waals surface area (Å²) in [5.74, 6) is -4.55. The van der Waals surface area contributed by atoms with E-state index in [-0.39, 0.29) is 5.92 Å². The Morgan fingerprint density at radius 3 is 2.05 bits per heavy atom. The Kier molecular flexibility index (Phi) is 10.0. The van der Waals surface area contributed by atoms with E-state index in [4.69, 9.17) is 19.8 Å². The largest absolute Gasteiger partial charge is 0.490 e. The van der Waals surface area contributed by atoms with E-state index in [2.05, 4.69) is 26.7 Å². The van der Waals surface area contributed by atoms with Crippen LogP contribution in [0.1, 0.15) is 17.0 Å². The molecule has 2 saturated heterocycles. The summed E-state index contributed by atoms with van der Waals surface area (Å²) in [5, 5.41) is 18.6. The van der Waals surface area contributed by atoms with Gasteiger partial charge < -0.3 is 15.1 Å². The molecule has 37 heavy (non-hydrogen) atoms. The van der Waals surface area contributed by atoms with Crippen molar-refractivity contribution in [2.75, 3.05) is 19.6 Å². The van der Waals surface area contributed by atoms with Crippen LogP contribution < -0.4 is 0 Å². The molecule has 4 rings (SSSR count). The number of carbonyl (C=O) groups excluding carboxylic acids is 1. The fourth-order valence-corrected chi connectivity index (χ4v) is 4.49. The number of carboxylic acid groups (broad SMARTS) is 2. The molecule has 1 amide bonds. The summed E-state index contributed by atoms with van der Waals surface area (Å²) in [6, 6.07) is 8.20. The van der Waals surface area contributed by atoms with Gasteiger partial charge in [-0.2, -0.15) is 37.7 Å². The Balaban J connectivity index is 0.000000286. The van der Waals surface area contributed by atoms with E-state index >= 15 is 0 Å². The molecule has 2 aliphatic rings. The number of carboxylic acids is 2. The lowest BCUT2D eigenvalue weighted by atomic mass is 10.0. The van der Waals surface area contributed by atoms with Gasteiger partial charge in [0.25, 0.3) is 0 Å². The van der Waals surface area contributed by atoms with Crippen molar-refractivity contribution in [3.63, 3.8) is 0 Å². The quantitative estimate of drug-likeness (QED) is 0.552. The molecule has 2 aliphatic heterocycles. The topological polar surface area (TPSA) is 111 Å². The van der Waals surface area contributed by atoms with E-state index < -0.39 is 24.3 Å². The van der Waals surface area contributed by atoms with Crippen molar-refractivity contribution in [3.8, 4) is 0 Å². The van der Waals surface area contributed by atoms with Crippen molar-refractivity contribution >= 4 is 29.2 Å². The normalized spacial score (nSPS) is 19.4. The number of thiophene rings is 1. The molecule has 2 N–H and O–H groups in total. The van der Waals surface area contributed by atoms with Gasteiger partial charge in [0.1, 0.15) is 0 Å². The number of hydrogen-bond acceptors (Lipinski definition) is 6. The molecule has 2 atom stereocenters. The number of aliphatic carboxylic acids is 2. The highest BCUT2D eigenvalue weighted by atomic mass is 32.1. The van der Waals surface area contributed by atoms with E-state index in [1.165, 1.54) is 5.56 Å². The summed E-state index contributed by atoms with van der Waals surface area (Å²) < 4.78 is 63.5. The van der Waals surface area contributed by atoms with E-state index in [1.807, 2.05) is 30.0 Å². The predicted octanol–water partition coefficient (Wildman–Crippen LogP) is 3.81. The van der Waals surface area contributed by atoms with Gasteiger partial charge >= 0.3 is 24.3 Å². The second-order valence-corrected chi connectivity index (χ2v) is 9.07. The minimum atomic E-state index is -5.08. The van der Waals surface area contributed by atoms with Crippen molar-refractivity contribution in [3.05, 3.63) is 52.0 Å². The van der Waals surface area contributed by atoms with Gasteiger partial charge in [-0.15, -0.1) is 0 Å². The number of carbonyl (C=O) groups is 3. The van der Waals surface area contributed by atoms with Gasteiger partial charge in [0.05, 0.1) is 18.2 Å². The number of amides is 1. The molecule has 2 aromatic rings. The zero-order valence-electron chi connectivity index (χ0n) is 19.3. The number of pyridine rings is 1. The number of halogens is 6. The lowest BCUT2D eigenvalue weighted by molar-refractivity contribution is -0.193. The molecule has 8 nitrogen and oxygen atoms in total. The first kappa shape index (κ1) is 30.0. The minimum Gasteiger partial charge on any atom is -0.475 e. The lowest BCUT2D eigenvalue weighted by Crippen LogP contribution is -2.32. The SMILES string of the molecule is Cc1cccc(CN2C[C@@H]3CN(Cc4ccsc4)C[C@@H]3C2=O)n1.O=C(O)C(F)(F)F.O=C(O)C(F)(F)F. The number of aromatic nitrogens is 1. The Morgan fingerprint density at radius 2 is 1.59 bits per heavy atom. The van der Waals surface area contributed by atoms with Crippen LogP contribution in [-0.4, -0.2) is 74.8 Å². The van der Waals surface area contributed by atoms with Gasteiger partial charge in [0.15, 0.2) is 0 Å². The molecule has 2 aromatic heterocycles. The molecule has 0 spiro atoms. The summed E-state index contributed by atoms with van der Waals surface area (Å²) in [5.41, 5.74) is 3.37. The molecular weight excluding hydrogens is 532 g/mol. The van der Waals surface area contributed by atoms with Crippen LogP contribution in [0.3, 0.4) is 0 Å². The molecule has 4 heterocycles. The van der Waals surface area contributed by atoms with Crippen LogP contribution in [0.4, 0.5) is 26.3 Å². The molecule has 0 aromatic carbocycles. The van der Waals surface area contributed by atoms with Gasteiger partial charge in [0.2, 0.25) is 5.91 Å². The third-order valence-corrected chi connectivity index (χ3v) is 6.10. The number of hydrogen-bond donors (Lipinski definition) is 2. The van der Waals surface area contributed by atoms with Crippen molar-refractivity contribution < 1.29 is 50.9 Å². The van der Waals surface area contributed by atoms with Gasteiger partial charge in [-0.3, -0.25) is 14.7 Å². The van der Waals surface area contributed by atoms with Crippen LogP contribution in [0.2, 0.25) is 0 Å². The van der Waals surface area contributed by atoms with Gasteiger partial charge in [-0.1, -0.05) is 6.07 Å². The Hall–Kier alpha value is -3.20. The monoisotopic (exact) mass is 555 g/mol. The number of rotatable bonds is 4. The summed E-state index contributed by atoms with van der Waals surface area (Å²) >= 11 is 1.74. The number of alkyl halides is 6. The number of aryl methyl sites for hydroxylation is 1. The molecule has 0 bridgehead atoms. The Morgan fingerprint density at radius 1 is 1.00 bits per heavy atom. The van der Waals surface area contributed by atoms with Gasteiger partial charge in [0, 0.05) is 37.8 Å². The standard InChI is InChI=1S/C18H21N3OS.2C2HF3O2/c1-13-3-2-4-16(19-13)10-21-9-15-8-20(11-17(15)18(21)22)7-14-5-6-23-12-14;2*3-2(4,5)1(6)7/h2-6,12,15,17H,7-11H2,1H3;2*(H,6,7)/t15-,17-;;/m0../s1. The fraction of sp³-hybridized carbons (Fsp3) is 0.455. The molecule has 15 heteroatoms. The molecule has 0 aliphatic carbocycles. The first-order valence-corrected chi connectivity index (χ1v) is 11.6. The lowest BCUT2D eigenvalue weighted by Gasteiger charge is -2.21. The maximum absolute atomic E-state index is 12.7. The van der Waals surface area contributed by atoms with Gasteiger partial charge in [-0.05, 0) is 41.4 Å². The molecule has 0 unspecified atom stereocenters. The van der Waals surface area contributed by atoms with E-state index in [9.17, 15) is 31.1 Å². The first-order valence-electron chi connectivity index (χ1n) is 10.6. The first-order chi connectivity index (χ1) is 17.1. The van der Waals surface area contributed by atoms with Crippen LogP contribution in [0.15, 0.2) is 35.0 Å². The average Bonchev–Trinajstić information content (AvgIpc) is 3.48. The summed E-state index contributed by atoms with van der Waals surface area (Å²) in [4.78, 5) is 39.4. The van der Waals surface area contributed by atoms with Crippen LogP contribution in [0.5, 0.6) is 0 Å². The second kappa shape index (κ2) is 12.4. The van der Waals surface area contributed by atoms with E-state index in [0.29, 0.717) is 18.4 Å². The Labute approximate surface area is 211 Å². The maximum Gasteiger partial charge on any atom is 0.490 e. The summed E-state index contributed by atoms with van der Waals surface area (Å²) in [6.45, 7) is 6.42. The van der Waals surface area contributed by atoms with Crippen LogP contribution in [0, 0.1) is 18.8 Å². The average molecular weight is 555 g/mol. The minimum absolute atomic E-state index is 0.179.